The Hall–Kier alpha value is -3.01. The first-order chi connectivity index (χ1) is 13.5. The van der Waals surface area contributed by atoms with Gasteiger partial charge in [0.2, 0.25) is 11.7 Å². The molecule has 28 heavy (non-hydrogen) atoms. The van der Waals surface area contributed by atoms with E-state index in [0.29, 0.717) is 37.3 Å². The van der Waals surface area contributed by atoms with E-state index >= 15 is 0 Å². The van der Waals surface area contributed by atoms with Crippen LogP contribution in [0, 0.1) is 17.5 Å². The predicted octanol–water partition coefficient (Wildman–Crippen LogP) is 2.29. The summed E-state index contributed by atoms with van der Waals surface area (Å²) in [5.41, 5.74) is 1.39. The summed E-state index contributed by atoms with van der Waals surface area (Å²) in [7, 11) is 0. The maximum Gasteiger partial charge on any atom is 0.256 e. The molecule has 0 radical (unpaired) electrons. The highest BCUT2D eigenvalue weighted by molar-refractivity contribution is 5.54. The smallest absolute Gasteiger partial charge is 0.256 e. The van der Waals surface area contributed by atoms with Gasteiger partial charge in [-0.25, -0.2) is 18.2 Å². The van der Waals surface area contributed by atoms with Crippen LogP contribution in [-0.2, 0) is 26.1 Å². The largest absolute Gasteiger partial charge is 0.338 e. The summed E-state index contributed by atoms with van der Waals surface area (Å²) in [6, 6.07) is 1.62. The third-order valence-corrected chi connectivity index (χ3v) is 4.68. The van der Waals surface area contributed by atoms with Crippen LogP contribution in [0.2, 0.25) is 0 Å². The third kappa shape index (κ3) is 3.31. The second-order valence-electron chi connectivity index (χ2n) is 6.49. The van der Waals surface area contributed by atoms with Crippen molar-refractivity contribution in [2.75, 3.05) is 6.54 Å². The molecule has 1 aromatic carbocycles. The van der Waals surface area contributed by atoms with Gasteiger partial charge in [0.15, 0.2) is 17.5 Å². The normalized spacial score (nSPS) is 14.3. The molecule has 0 spiro atoms. The Morgan fingerprint density at radius 1 is 1.21 bits per heavy atom. The van der Waals surface area contributed by atoms with Crippen molar-refractivity contribution >= 4 is 0 Å². The van der Waals surface area contributed by atoms with Gasteiger partial charge in [0, 0.05) is 30.8 Å². The zero-order chi connectivity index (χ0) is 19.8. The van der Waals surface area contributed by atoms with E-state index in [9.17, 15) is 18.0 Å². The number of hydrogen-bond donors (Lipinski definition) is 0. The molecule has 0 saturated heterocycles. The number of halogens is 3. The Balaban J connectivity index is 1.51. The molecule has 1 aliphatic rings. The molecule has 3 aromatic rings. The highest BCUT2D eigenvalue weighted by atomic mass is 19.2. The number of rotatable bonds is 4. The van der Waals surface area contributed by atoms with Crippen molar-refractivity contribution in [1.82, 2.24) is 24.6 Å². The first-order valence-corrected chi connectivity index (χ1v) is 8.73. The third-order valence-electron chi connectivity index (χ3n) is 4.68. The number of hydrogen-bond acceptors (Lipinski definition) is 6. The highest BCUT2D eigenvalue weighted by Crippen LogP contribution is 2.22. The van der Waals surface area contributed by atoms with Crippen molar-refractivity contribution in [2.24, 2.45) is 0 Å². The summed E-state index contributed by atoms with van der Waals surface area (Å²) in [4.78, 5) is 22.8. The fourth-order valence-electron chi connectivity index (χ4n) is 3.19. The summed E-state index contributed by atoms with van der Waals surface area (Å²) in [6.07, 6.45) is 2.09. The highest BCUT2D eigenvalue weighted by Gasteiger charge is 2.23. The number of nitrogens with zero attached hydrogens (tertiary/aromatic N) is 5. The SMILES string of the molecule is CCn1cnc2c(c1=O)CCN(Cc1nc(-c3cc(F)c(F)c(F)c3)no1)C2. The van der Waals surface area contributed by atoms with Crippen molar-refractivity contribution in [2.45, 2.75) is 33.0 Å². The maximum absolute atomic E-state index is 13.4. The van der Waals surface area contributed by atoms with Crippen molar-refractivity contribution in [1.29, 1.82) is 0 Å². The minimum atomic E-state index is -1.55. The summed E-state index contributed by atoms with van der Waals surface area (Å²) in [6.45, 7) is 3.80. The molecular formula is C18H16F3N5O2. The number of aryl methyl sites for hydroxylation is 1. The summed E-state index contributed by atoms with van der Waals surface area (Å²) in [5.74, 6) is -3.98. The van der Waals surface area contributed by atoms with Crippen LogP contribution in [0.5, 0.6) is 0 Å². The average Bonchev–Trinajstić information content (AvgIpc) is 3.14. The lowest BCUT2D eigenvalue weighted by atomic mass is 10.1. The quantitative estimate of drug-likeness (QED) is 0.635. The lowest BCUT2D eigenvalue weighted by Gasteiger charge is -2.26. The molecule has 10 heteroatoms. The van der Waals surface area contributed by atoms with Crippen LogP contribution in [0.4, 0.5) is 13.2 Å². The minimum Gasteiger partial charge on any atom is -0.338 e. The zero-order valence-corrected chi connectivity index (χ0v) is 15.0. The minimum absolute atomic E-state index is 0.0165. The van der Waals surface area contributed by atoms with Crippen molar-refractivity contribution in [3.63, 3.8) is 0 Å². The van der Waals surface area contributed by atoms with Crippen molar-refractivity contribution in [3.8, 4) is 11.4 Å². The molecule has 0 amide bonds. The van der Waals surface area contributed by atoms with Gasteiger partial charge in [0.05, 0.1) is 18.6 Å². The Labute approximate surface area is 157 Å². The molecule has 146 valence electrons. The molecular weight excluding hydrogens is 375 g/mol. The van der Waals surface area contributed by atoms with Gasteiger partial charge >= 0.3 is 0 Å². The van der Waals surface area contributed by atoms with Crippen LogP contribution < -0.4 is 5.56 Å². The molecule has 1 aliphatic heterocycles. The molecule has 0 unspecified atom stereocenters. The van der Waals surface area contributed by atoms with Gasteiger partial charge in [-0.15, -0.1) is 0 Å². The second kappa shape index (κ2) is 7.19. The average molecular weight is 391 g/mol. The summed E-state index contributed by atoms with van der Waals surface area (Å²) < 4.78 is 46.6. The van der Waals surface area contributed by atoms with Crippen molar-refractivity contribution < 1.29 is 17.7 Å². The van der Waals surface area contributed by atoms with E-state index < -0.39 is 17.5 Å². The molecule has 3 heterocycles. The van der Waals surface area contributed by atoms with Gasteiger partial charge in [-0.05, 0) is 25.5 Å². The van der Waals surface area contributed by atoms with Crippen molar-refractivity contribution in [3.05, 3.63) is 63.4 Å². The van der Waals surface area contributed by atoms with Crippen LogP contribution in [0.3, 0.4) is 0 Å². The monoisotopic (exact) mass is 391 g/mol. The van der Waals surface area contributed by atoms with Gasteiger partial charge in [-0.2, -0.15) is 4.98 Å². The van der Waals surface area contributed by atoms with Crippen LogP contribution >= 0.6 is 0 Å². The van der Waals surface area contributed by atoms with E-state index in [1.165, 1.54) is 6.33 Å². The summed E-state index contributed by atoms with van der Waals surface area (Å²) in [5, 5.41) is 3.71. The molecule has 0 atom stereocenters. The molecule has 0 N–H and O–H groups in total. The van der Waals surface area contributed by atoms with E-state index in [1.54, 1.807) is 4.57 Å². The van der Waals surface area contributed by atoms with E-state index in [2.05, 4.69) is 15.1 Å². The van der Waals surface area contributed by atoms with Gasteiger partial charge in [0.25, 0.3) is 5.56 Å². The van der Waals surface area contributed by atoms with Gasteiger partial charge in [0.1, 0.15) is 0 Å². The molecule has 4 rings (SSSR count). The Morgan fingerprint density at radius 2 is 1.96 bits per heavy atom. The number of benzene rings is 1. The first-order valence-electron chi connectivity index (χ1n) is 8.73. The Bertz CT molecular complexity index is 1070. The fourth-order valence-corrected chi connectivity index (χ4v) is 3.19. The molecule has 0 aliphatic carbocycles. The molecule has 7 nitrogen and oxygen atoms in total. The van der Waals surface area contributed by atoms with Crippen LogP contribution in [0.15, 0.2) is 27.8 Å². The van der Waals surface area contributed by atoms with Crippen LogP contribution in [-0.4, -0.2) is 31.1 Å². The maximum atomic E-state index is 13.4. The lowest BCUT2D eigenvalue weighted by molar-refractivity contribution is 0.206. The van der Waals surface area contributed by atoms with Gasteiger partial charge < -0.3 is 4.52 Å². The molecule has 0 bridgehead atoms. The molecule has 2 aromatic heterocycles. The molecule has 0 saturated carbocycles. The Morgan fingerprint density at radius 3 is 2.68 bits per heavy atom. The van der Waals surface area contributed by atoms with E-state index in [0.717, 1.165) is 12.1 Å². The number of aromatic nitrogens is 4. The second-order valence-corrected chi connectivity index (χ2v) is 6.49. The summed E-state index contributed by atoms with van der Waals surface area (Å²) >= 11 is 0. The van der Waals surface area contributed by atoms with Crippen LogP contribution in [0.1, 0.15) is 24.1 Å². The number of fused-ring (bicyclic) bond motifs is 1. The predicted molar refractivity (Wildman–Crippen MR) is 91.6 cm³/mol. The van der Waals surface area contributed by atoms with E-state index in [-0.39, 0.29) is 29.4 Å². The first kappa shape index (κ1) is 18.4. The van der Waals surface area contributed by atoms with E-state index in [1.807, 2.05) is 11.8 Å². The van der Waals surface area contributed by atoms with Gasteiger partial charge in [-0.3, -0.25) is 14.3 Å². The van der Waals surface area contributed by atoms with E-state index in [4.69, 9.17) is 4.52 Å². The molecule has 0 fully saturated rings. The standard InChI is InChI=1S/C18H16F3N5O2/c1-2-26-9-22-14-7-25(4-3-11(14)18(26)27)8-15-23-17(24-28-15)10-5-12(19)16(21)13(20)6-10/h5-6,9H,2-4,7-8H2,1H3. The zero-order valence-electron chi connectivity index (χ0n) is 15.0. The lowest BCUT2D eigenvalue weighted by Crippen LogP contribution is -2.36. The van der Waals surface area contributed by atoms with Crippen LogP contribution in [0.25, 0.3) is 11.4 Å². The van der Waals surface area contributed by atoms with Gasteiger partial charge in [-0.1, -0.05) is 5.16 Å². The fraction of sp³-hybridized carbons (Fsp3) is 0.333. The Kier molecular flexibility index (Phi) is 4.71. The topological polar surface area (TPSA) is 77.1 Å².